The Labute approximate surface area is 163 Å². The number of hydrogen-bond acceptors (Lipinski definition) is 5. The number of hydrogen-bond donors (Lipinski definition) is 0. The number of fused-ring (bicyclic) bond motifs is 1. The van der Waals surface area contributed by atoms with Gasteiger partial charge in [-0.05, 0) is 48.9 Å². The summed E-state index contributed by atoms with van der Waals surface area (Å²) in [6, 6.07) is 16.3. The number of benzene rings is 1. The van der Waals surface area contributed by atoms with Gasteiger partial charge in [0.1, 0.15) is 22.9 Å². The summed E-state index contributed by atoms with van der Waals surface area (Å²) in [6.07, 6.45) is 0. The molecule has 0 unspecified atom stereocenters. The van der Waals surface area contributed by atoms with Gasteiger partial charge in [0, 0.05) is 16.6 Å². The molecule has 0 N–H and O–H groups in total. The molecule has 0 aliphatic rings. The summed E-state index contributed by atoms with van der Waals surface area (Å²) in [5, 5.41) is 0. The fraction of sp³-hybridized carbons (Fsp3) is 0.0952. The average Bonchev–Trinajstić information content (AvgIpc) is 3.17. The maximum Gasteiger partial charge on any atom is 0.348 e. The standard InChI is InChI=1S/C21H15FN2O3S/c1-13-3-2-4-19-23-16(11-20(25)24(13)19)12-27-21(26)18-10-9-17(28-18)14-5-7-15(22)8-6-14/h2-11H,12H2,1H3. The van der Waals surface area contributed by atoms with Crippen molar-refractivity contribution >= 4 is 23.0 Å². The SMILES string of the molecule is Cc1cccc2nc(COC(=O)c3ccc(-c4ccc(F)cc4)s3)cc(=O)n12. The lowest BCUT2D eigenvalue weighted by molar-refractivity contribution is 0.0473. The van der Waals surface area contributed by atoms with E-state index in [-0.39, 0.29) is 18.0 Å². The van der Waals surface area contributed by atoms with Crippen LogP contribution in [0.5, 0.6) is 0 Å². The molecule has 4 aromatic rings. The van der Waals surface area contributed by atoms with Gasteiger partial charge in [0.2, 0.25) is 0 Å². The topological polar surface area (TPSA) is 60.7 Å². The number of rotatable bonds is 4. The first-order chi connectivity index (χ1) is 13.5. The molecule has 0 spiro atoms. The quantitative estimate of drug-likeness (QED) is 0.486. The Balaban J connectivity index is 1.50. The largest absolute Gasteiger partial charge is 0.455 e. The van der Waals surface area contributed by atoms with Crippen molar-refractivity contribution in [2.75, 3.05) is 0 Å². The maximum absolute atomic E-state index is 13.0. The summed E-state index contributed by atoms with van der Waals surface area (Å²) in [4.78, 5) is 30.3. The van der Waals surface area contributed by atoms with E-state index in [9.17, 15) is 14.0 Å². The van der Waals surface area contributed by atoms with Crippen molar-refractivity contribution in [3.63, 3.8) is 0 Å². The molecule has 28 heavy (non-hydrogen) atoms. The van der Waals surface area contributed by atoms with E-state index in [2.05, 4.69) is 4.98 Å². The normalized spacial score (nSPS) is 10.9. The second kappa shape index (κ2) is 7.36. The smallest absolute Gasteiger partial charge is 0.348 e. The summed E-state index contributed by atoms with van der Waals surface area (Å²) >= 11 is 1.26. The average molecular weight is 394 g/mol. The summed E-state index contributed by atoms with van der Waals surface area (Å²) < 4.78 is 19.9. The molecule has 0 aliphatic heterocycles. The zero-order valence-electron chi connectivity index (χ0n) is 14.9. The maximum atomic E-state index is 13.0. The highest BCUT2D eigenvalue weighted by molar-refractivity contribution is 7.17. The van der Waals surface area contributed by atoms with E-state index in [1.54, 1.807) is 30.3 Å². The van der Waals surface area contributed by atoms with Gasteiger partial charge < -0.3 is 4.74 Å². The van der Waals surface area contributed by atoms with Crippen molar-refractivity contribution in [1.82, 2.24) is 9.38 Å². The van der Waals surface area contributed by atoms with Crippen molar-refractivity contribution in [3.8, 4) is 10.4 Å². The van der Waals surface area contributed by atoms with Crippen molar-refractivity contribution in [2.24, 2.45) is 0 Å². The molecular weight excluding hydrogens is 379 g/mol. The third-order valence-corrected chi connectivity index (χ3v) is 5.33. The highest BCUT2D eigenvalue weighted by atomic mass is 32.1. The van der Waals surface area contributed by atoms with Gasteiger partial charge in [0.15, 0.2) is 0 Å². The third-order valence-electron chi connectivity index (χ3n) is 4.22. The molecule has 1 aromatic carbocycles. The summed E-state index contributed by atoms with van der Waals surface area (Å²) in [5.41, 5.74) is 2.28. The fourth-order valence-corrected chi connectivity index (χ4v) is 3.77. The van der Waals surface area contributed by atoms with Crippen molar-refractivity contribution < 1.29 is 13.9 Å². The molecule has 0 fully saturated rings. The minimum Gasteiger partial charge on any atom is -0.455 e. The molecule has 0 aliphatic carbocycles. The first-order valence-electron chi connectivity index (χ1n) is 8.52. The Morgan fingerprint density at radius 1 is 1.14 bits per heavy atom. The van der Waals surface area contributed by atoms with Gasteiger partial charge in [-0.15, -0.1) is 11.3 Å². The minimum absolute atomic E-state index is 0.0949. The zero-order chi connectivity index (χ0) is 19.7. The van der Waals surface area contributed by atoms with Crippen LogP contribution in [0.2, 0.25) is 0 Å². The molecule has 0 saturated carbocycles. The second-order valence-electron chi connectivity index (χ2n) is 6.19. The minimum atomic E-state index is -0.496. The number of aromatic nitrogens is 2. The summed E-state index contributed by atoms with van der Waals surface area (Å²) in [7, 11) is 0. The van der Waals surface area contributed by atoms with Gasteiger partial charge in [-0.1, -0.05) is 18.2 Å². The van der Waals surface area contributed by atoms with Gasteiger partial charge in [0.25, 0.3) is 5.56 Å². The number of nitrogens with zero attached hydrogens (tertiary/aromatic N) is 2. The molecule has 5 nitrogen and oxygen atoms in total. The van der Waals surface area contributed by atoms with E-state index in [1.165, 1.54) is 33.9 Å². The van der Waals surface area contributed by atoms with E-state index >= 15 is 0 Å². The van der Waals surface area contributed by atoms with Crippen LogP contribution in [0.15, 0.2) is 65.5 Å². The molecule has 0 saturated heterocycles. The number of ether oxygens (including phenoxy) is 1. The van der Waals surface area contributed by atoms with Crippen LogP contribution in [0, 0.1) is 12.7 Å². The van der Waals surface area contributed by atoms with Crippen molar-refractivity contribution in [3.05, 3.63) is 93.1 Å². The van der Waals surface area contributed by atoms with E-state index in [1.807, 2.05) is 19.1 Å². The Morgan fingerprint density at radius 2 is 1.93 bits per heavy atom. The van der Waals surface area contributed by atoms with Crippen LogP contribution < -0.4 is 5.56 Å². The third kappa shape index (κ3) is 3.57. The molecule has 0 amide bonds. The van der Waals surface area contributed by atoms with Crippen LogP contribution in [-0.2, 0) is 11.3 Å². The Morgan fingerprint density at radius 3 is 2.71 bits per heavy atom. The van der Waals surface area contributed by atoms with Gasteiger partial charge in [0.05, 0.1) is 5.69 Å². The first kappa shape index (κ1) is 18.1. The molecule has 0 radical (unpaired) electrons. The highest BCUT2D eigenvalue weighted by Crippen LogP contribution is 2.28. The number of thiophene rings is 1. The van der Waals surface area contributed by atoms with Gasteiger partial charge in [-0.25, -0.2) is 14.2 Å². The lowest BCUT2D eigenvalue weighted by Gasteiger charge is -2.07. The predicted molar refractivity (Wildman–Crippen MR) is 105 cm³/mol. The Hall–Kier alpha value is -3.32. The highest BCUT2D eigenvalue weighted by Gasteiger charge is 2.13. The molecule has 4 rings (SSSR count). The second-order valence-corrected chi connectivity index (χ2v) is 7.28. The Kier molecular flexibility index (Phi) is 4.75. The molecule has 3 aromatic heterocycles. The molecular formula is C21H15FN2O3S. The van der Waals surface area contributed by atoms with Crippen LogP contribution in [0.25, 0.3) is 16.1 Å². The van der Waals surface area contributed by atoms with Crippen LogP contribution in [0.3, 0.4) is 0 Å². The number of carbonyl (C=O) groups excluding carboxylic acids is 1. The van der Waals surface area contributed by atoms with Crippen LogP contribution >= 0.6 is 11.3 Å². The Bertz CT molecular complexity index is 1230. The molecule has 0 bridgehead atoms. The van der Waals surface area contributed by atoms with Crippen molar-refractivity contribution in [1.29, 1.82) is 0 Å². The fourth-order valence-electron chi connectivity index (χ4n) is 2.87. The zero-order valence-corrected chi connectivity index (χ0v) is 15.7. The van der Waals surface area contributed by atoms with Crippen LogP contribution in [-0.4, -0.2) is 15.4 Å². The monoisotopic (exact) mass is 394 g/mol. The van der Waals surface area contributed by atoms with Crippen LogP contribution in [0.1, 0.15) is 21.1 Å². The van der Waals surface area contributed by atoms with E-state index in [0.29, 0.717) is 16.2 Å². The lowest BCUT2D eigenvalue weighted by Crippen LogP contribution is -2.18. The number of halogens is 1. The molecule has 0 atom stereocenters. The predicted octanol–water partition coefficient (Wildman–Crippen LogP) is 4.23. The summed E-state index contributed by atoms with van der Waals surface area (Å²) in [6.45, 7) is 1.73. The number of esters is 1. The molecule has 140 valence electrons. The number of pyridine rings is 1. The first-order valence-corrected chi connectivity index (χ1v) is 9.34. The summed E-state index contributed by atoms with van der Waals surface area (Å²) in [5.74, 6) is -0.807. The molecule has 7 heteroatoms. The van der Waals surface area contributed by atoms with E-state index < -0.39 is 5.97 Å². The van der Waals surface area contributed by atoms with E-state index in [0.717, 1.165) is 16.1 Å². The van der Waals surface area contributed by atoms with E-state index in [4.69, 9.17) is 4.74 Å². The number of carbonyl (C=O) groups is 1. The number of aryl methyl sites for hydroxylation is 1. The van der Waals surface area contributed by atoms with Gasteiger partial charge >= 0.3 is 5.97 Å². The lowest BCUT2D eigenvalue weighted by atomic mass is 10.2. The van der Waals surface area contributed by atoms with Crippen LogP contribution in [0.4, 0.5) is 4.39 Å². The van der Waals surface area contributed by atoms with Gasteiger partial charge in [-0.3, -0.25) is 9.20 Å². The molecule has 3 heterocycles. The van der Waals surface area contributed by atoms with Gasteiger partial charge in [-0.2, -0.15) is 0 Å². The van der Waals surface area contributed by atoms with Crippen molar-refractivity contribution in [2.45, 2.75) is 13.5 Å².